The van der Waals surface area contributed by atoms with Crippen molar-refractivity contribution in [1.82, 2.24) is 0 Å². The van der Waals surface area contributed by atoms with Crippen LogP contribution in [-0.2, 0) is 28.7 Å². The Morgan fingerprint density at radius 1 is 1.50 bits per heavy atom. The van der Waals surface area contributed by atoms with Crippen LogP contribution in [0.25, 0.3) is 0 Å². The predicted octanol–water partition coefficient (Wildman–Crippen LogP) is 2.77. The summed E-state index contributed by atoms with van der Waals surface area (Å²) < 4.78 is 6.62. The molecule has 0 spiro atoms. The van der Waals surface area contributed by atoms with Gasteiger partial charge in [0.05, 0.1) is 0 Å². The summed E-state index contributed by atoms with van der Waals surface area (Å²) in [5.41, 5.74) is 0. The summed E-state index contributed by atoms with van der Waals surface area (Å²) >= 11 is -0.229. The second-order valence-corrected chi connectivity index (χ2v) is 4.36. The molecule has 2 nitrogen and oxygen atoms in total. The van der Waals surface area contributed by atoms with Gasteiger partial charge in [-0.2, -0.15) is 0 Å². The van der Waals surface area contributed by atoms with Crippen LogP contribution in [0.5, 0.6) is 0 Å². The first-order chi connectivity index (χ1) is 5.33. The van der Waals surface area contributed by atoms with E-state index in [-0.39, 0.29) is 62.3 Å². The van der Waals surface area contributed by atoms with E-state index in [4.69, 9.17) is 0 Å². The molecule has 14 heavy (non-hydrogen) atoms. The molecule has 0 N–H and O–H groups in total. The van der Waals surface area contributed by atoms with Gasteiger partial charge < -0.3 is 0 Å². The van der Waals surface area contributed by atoms with Gasteiger partial charge in [0, 0.05) is 0 Å². The molecule has 6 heteroatoms. The Kier molecular flexibility index (Phi) is 16.6. The second-order valence-electron chi connectivity index (χ2n) is 2.25. The Morgan fingerprint density at radius 2 is 2.14 bits per heavy atom. The fraction of sp³-hybridized carbons (Fsp3) is 0.375. The van der Waals surface area contributed by atoms with E-state index in [0.717, 1.165) is 6.42 Å². The maximum atomic E-state index is 10.7. The van der Waals surface area contributed by atoms with Crippen molar-refractivity contribution in [3.8, 4) is 0 Å². The molecule has 0 amide bonds. The SMILES string of the molecule is COC(=O)[CH2][Ti][C]1=CC=CC1.Cl.Cl.Cl. The fourth-order valence-electron chi connectivity index (χ4n) is 0.836. The van der Waals surface area contributed by atoms with Crippen molar-refractivity contribution in [2.75, 3.05) is 7.11 Å². The number of esters is 1. The van der Waals surface area contributed by atoms with Gasteiger partial charge in [0.25, 0.3) is 0 Å². The minimum atomic E-state index is -0.229. The van der Waals surface area contributed by atoms with Crippen molar-refractivity contribution >= 4 is 43.2 Å². The van der Waals surface area contributed by atoms with E-state index >= 15 is 0 Å². The number of allylic oxidation sites excluding steroid dienone is 4. The smallest absolute Gasteiger partial charge is 0.147 e. The van der Waals surface area contributed by atoms with Gasteiger partial charge in [-0.15, -0.1) is 37.2 Å². The molecule has 1 rings (SSSR count). The van der Waals surface area contributed by atoms with Crippen LogP contribution in [0.4, 0.5) is 0 Å². The van der Waals surface area contributed by atoms with E-state index in [1.165, 1.54) is 11.0 Å². The van der Waals surface area contributed by atoms with Gasteiger partial charge in [0.15, 0.2) is 0 Å². The van der Waals surface area contributed by atoms with E-state index < -0.39 is 0 Å². The van der Waals surface area contributed by atoms with E-state index in [1.54, 1.807) is 0 Å². The van der Waals surface area contributed by atoms with Crippen LogP contribution in [0.3, 0.4) is 0 Å². The van der Waals surface area contributed by atoms with Crippen molar-refractivity contribution in [3.05, 3.63) is 22.1 Å². The van der Waals surface area contributed by atoms with Crippen molar-refractivity contribution < 1.29 is 28.7 Å². The number of carbonyl (C=O) groups is 1. The molecule has 82 valence electrons. The third-order valence-corrected chi connectivity index (χ3v) is 3.47. The summed E-state index contributed by atoms with van der Waals surface area (Å²) in [7, 11) is 1.44. The molecule has 0 aromatic carbocycles. The Hall–Kier alpha value is 0.534. The summed E-state index contributed by atoms with van der Waals surface area (Å²) in [6, 6.07) is 0. The number of ether oxygens (including phenoxy) is 1. The van der Waals surface area contributed by atoms with Gasteiger partial charge in [-0.25, -0.2) is 0 Å². The zero-order valence-corrected chi connectivity index (χ0v) is 11.7. The third kappa shape index (κ3) is 7.89. The maximum absolute atomic E-state index is 10.7. The Bertz CT molecular complexity index is 217. The molecule has 0 unspecified atom stereocenters. The van der Waals surface area contributed by atoms with Crippen LogP contribution in [0.15, 0.2) is 22.1 Å². The van der Waals surface area contributed by atoms with Crippen LogP contribution < -0.4 is 0 Å². The van der Waals surface area contributed by atoms with Crippen molar-refractivity contribution in [1.29, 1.82) is 0 Å². The number of carbonyl (C=O) groups excluding carboxylic acids is 1. The average Bonchev–Trinajstić information content (AvgIpc) is 2.52. The fourth-order valence-corrected chi connectivity index (χ4v) is 2.39. The quantitative estimate of drug-likeness (QED) is 0.591. The van der Waals surface area contributed by atoms with Crippen LogP contribution in [0, 0.1) is 0 Å². The Balaban J connectivity index is -0.000000403. The summed E-state index contributed by atoms with van der Waals surface area (Å²) in [4.78, 5) is 10.7. The summed E-state index contributed by atoms with van der Waals surface area (Å²) in [6.07, 6.45) is 7.34. The molecule has 0 aromatic rings. The number of methoxy groups -OCH3 is 1. The standard InChI is InChI=1S/C5H5.C3H5O2.3ClH.Ti/c1-2-4-5-3-1;1-3(4)5-2;;;;/h1-3H,4H2;1H2,2H3;3*1H;. The first-order valence-electron chi connectivity index (χ1n) is 3.49. The Labute approximate surface area is 112 Å². The van der Waals surface area contributed by atoms with Gasteiger partial charge in [-0.1, -0.05) is 0 Å². The van der Waals surface area contributed by atoms with Crippen LogP contribution in [0.2, 0.25) is 4.73 Å². The van der Waals surface area contributed by atoms with Gasteiger partial charge in [0.2, 0.25) is 0 Å². The predicted molar refractivity (Wildman–Crippen MR) is 60.4 cm³/mol. The molecule has 0 aliphatic heterocycles. The van der Waals surface area contributed by atoms with Gasteiger partial charge in [-0.05, 0) is 0 Å². The topological polar surface area (TPSA) is 26.3 Å². The molecule has 0 fully saturated rings. The second kappa shape index (κ2) is 11.6. The van der Waals surface area contributed by atoms with Crippen LogP contribution in [-0.4, -0.2) is 13.1 Å². The summed E-state index contributed by atoms with van der Waals surface area (Å²) in [6.45, 7) is 0. The van der Waals surface area contributed by atoms with E-state index in [2.05, 4.69) is 23.0 Å². The normalized spacial score (nSPS) is 11.4. The number of halogens is 3. The average molecular weight is 295 g/mol. The molecule has 1 aliphatic carbocycles. The molecule has 0 saturated carbocycles. The van der Waals surface area contributed by atoms with E-state index in [0.29, 0.717) is 4.73 Å². The molecule has 0 radical (unpaired) electrons. The third-order valence-electron chi connectivity index (χ3n) is 1.46. The van der Waals surface area contributed by atoms with Crippen molar-refractivity contribution in [3.63, 3.8) is 0 Å². The number of hydrogen-bond donors (Lipinski definition) is 0. The molecular weight excluding hydrogens is 282 g/mol. The minimum Gasteiger partial charge on any atom is -0.147 e. The zero-order valence-electron chi connectivity index (χ0n) is 7.69. The van der Waals surface area contributed by atoms with Crippen LogP contribution in [0.1, 0.15) is 6.42 Å². The van der Waals surface area contributed by atoms with Crippen LogP contribution >= 0.6 is 37.2 Å². The molecule has 0 atom stereocenters. The molecule has 0 heterocycles. The molecule has 0 saturated heterocycles. The molecule has 0 bridgehead atoms. The van der Waals surface area contributed by atoms with Gasteiger partial charge in [0.1, 0.15) is 0 Å². The minimum absolute atomic E-state index is 0. The molecular formula is C8H13Cl3O2Ti. The van der Waals surface area contributed by atoms with Crippen molar-refractivity contribution in [2.45, 2.75) is 11.1 Å². The number of rotatable bonds is 3. The first-order valence-corrected chi connectivity index (χ1v) is 5.38. The molecule has 1 aliphatic rings. The Morgan fingerprint density at radius 3 is 2.57 bits per heavy atom. The van der Waals surface area contributed by atoms with Gasteiger partial charge in [-0.3, -0.25) is 0 Å². The largest absolute Gasteiger partial charge is 0.147 e. The zero-order chi connectivity index (χ0) is 8.10. The maximum Gasteiger partial charge on any atom is -0.147 e. The van der Waals surface area contributed by atoms with Gasteiger partial charge >= 0.3 is 75.0 Å². The summed E-state index contributed by atoms with van der Waals surface area (Å²) in [5, 5.41) is 0. The number of hydrogen-bond acceptors (Lipinski definition) is 2. The monoisotopic (exact) mass is 294 g/mol. The van der Waals surface area contributed by atoms with E-state index in [1.807, 2.05) is 0 Å². The van der Waals surface area contributed by atoms with E-state index in [9.17, 15) is 4.79 Å². The summed E-state index contributed by atoms with van der Waals surface area (Å²) in [5.74, 6) is -0.0715. The van der Waals surface area contributed by atoms with Crippen molar-refractivity contribution in [2.24, 2.45) is 0 Å². The first kappa shape index (κ1) is 20.0. The molecule has 0 aromatic heterocycles.